The van der Waals surface area contributed by atoms with E-state index in [9.17, 15) is 8.42 Å². The van der Waals surface area contributed by atoms with Crippen LogP contribution >= 0.6 is 0 Å². The maximum atomic E-state index is 12.7. The molecule has 2 aliphatic rings. The molecular weight excluding hydrogens is 274 g/mol. The van der Waals surface area contributed by atoms with Crippen LogP contribution in [0.1, 0.15) is 46.0 Å². The SMILES string of the molecule is CCNC(C)C1CCCN(S(=O)(=O)N2CCCCC2)C1. The van der Waals surface area contributed by atoms with Crippen molar-refractivity contribution in [3.8, 4) is 0 Å². The summed E-state index contributed by atoms with van der Waals surface area (Å²) in [5.74, 6) is 0.434. The first-order valence-corrected chi connectivity index (χ1v) is 9.44. The van der Waals surface area contributed by atoms with Crippen molar-refractivity contribution in [2.75, 3.05) is 32.7 Å². The molecule has 2 heterocycles. The minimum absolute atomic E-state index is 0.388. The molecule has 0 amide bonds. The summed E-state index contributed by atoms with van der Waals surface area (Å²) in [5.41, 5.74) is 0. The highest BCUT2D eigenvalue weighted by molar-refractivity contribution is 7.86. The van der Waals surface area contributed by atoms with Crippen LogP contribution in [0, 0.1) is 5.92 Å². The molecule has 2 saturated heterocycles. The van der Waals surface area contributed by atoms with Crippen molar-refractivity contribution in [2.24, 2.45) is 5.92 Å². The Morgan fingerprint density at radius 3 is 2.40 bits per heavy atom. The molecule has 2 fully saturated rings. The van der Waals surface area contributed by atoms with Gasteiger partial charge in [0.2, 0.25) is 0 Å². The first-order chi connectivity index (χ1) is 9.55. The first-order valence-electron chi connectivity index (χ1n) is 8.04. The van der Waals surface area contributed by atoms with Crippen molar-refractivity contribution < 1.29 is 8.42 Å². The quantitative estimate of drug-likeness (QED) is 0.836. The Bertz CT molecular complexity index is 393. The fraction of sp³-hybridized carbons (Fsp3) is 1.00. The number of hydrogen-bond donors (Lipinski definition) is 1. The molecule has 0 bridgehead atoms. The van der Waals surface area contributed by atoms with Crippen LogP contribution in [0.15, 0.2) is 0 Å². The van der Waals surface area contributed by atoms with Gasteiger partial charge in [-0.25, -0.2) is 0 Å². The number of piperidine rings is 2. The van der Waals surface area contributed by atoms with Gasteiger partial charge in [-0.15, -0.1) is 0 Å². The van der Waals surface area contributed by atoms with E-state index < -0.39 is 10.2 Å². The van der Waals surface area contributed by atoms with Crippen LogP contribution < -0.4 is 5.32 Å². The van der Waals surface area contributed by atoms with Crippen LogP contribution in [-0.2, 0) is 10.2 Å². The number of rotatable bonds is 5. The van der Waals surface area contributed by atoms with Crippen molar-refractivity contribution in [3.63, 3.8) is 0 Å². The molecule has 118 valence electrons. The van der Waals surface area contributed by atoms with E-state index in [-0.39, 0.29) is 0 Å². The zero-order valence-corrected chi connectivity index (χ0v) is 13.7. The topological polar surface area (TPSA) is 52.7 Å². The molecule has 0 aromatic heterocycles. The summed E-state index contributed by atoms with van der Waals surface area (Å²) in [6, 6.07) is 0.388. The number of nitrogens with one attached hydrogen (secondary N) is 1. The van der Waals surface area contributed by atoms with Gasteiger partial charge in [0, 0.05) is 32.2 Å². The second-order valence-electron chi connectivity index (χ2n) is 6.07. The lowest BCUT2D eigenvalue weighted by molar-refractivity contribution is 0.209. The van der Waals surface area contributed by atoms with Crippen molar-refractivity contribution in [1.29, 1.82) is 0 Å². The summed E-state index contributed by atoms with van der Waals surface area (Å²) in [5, 5.41) is 3.43. The molecular formula is C14H29N3O2S. The zero-order chi connectivity index (χ0) is 14.6. The van der Waals surface area contributed by atoms with E-state index in [2.05, 4.69) is 19.2 Å². The van der Waals surface area contributed by atoms with Crippen molar-refractivity contribution >= 4 is 10.2 Å². The van der Waals surface area contributed by atoms with E-state index in [1.807, 2.05) is 0 Å². The largest absolute Gasteiger partial charge is 0.314 e. The summed E-state index contributed by atoms with van der Waals surface area (Å²) in [6.45, 7) is 7.98. The molecule has 6 heteroatoms. The lowest BCUT2D eigenvalue weighted by Crippen LogP contribution is -2.52. The van der Waals surface area contributed by atoms with Crippen LogP contribution in [0.2, 0.25) is 0 Å². The minimum atomic E-state index is -3.23. The Hall–Kier alpha value is -0.170. The summed E-state index contributed by atoms with van der Waals surface area (Å²) >= 11 is 0. The van der Waals surface area contributed by atoms with E-state index in [0.717, 1.165) is 38.6 Å². The lowest BCUT2D eigenvalue weighted by atomic mass is 9.93. The maximum absolute atomic E-state index is 12.7. The van der Waals surface area contributed by atoms with Gasteiger partial charge in [0.25, 0.3) is 10.2 Å². The number of hydrogen-bond acceptors (Lipinski definition) is 3. The Balaban J connectivity index is 2.00. The van der Waals surface area contributed by atoms with Gasteiger partial charge in [-0.05, 0) is 45.1 Å². The second kappa shape index (κ2) is 7.20. The Labute approximate surface area is 123 Å². The third kappa shape index (κ3) is 3.72. The van der Waals surface area contributed by atoms with Gasteiger partial charge >= 0.3 is 0 Å². The van der Waals surface area contributed by atoms with Crippen LogP contribution in [-0.4, -0.2) is 55.8 Å². The molecule has 0 radical (unpaired) electrons. The van der Waals surface area contributed by atoms with Gasteiger partial charge in [0.15, 0.2) is 0 Å². The first kappa shape index (κ1) is 16.2. The minimum Gasteiger partial charge on any atom is -0.314 e. The molecule has 0 aromatic rings. The summed E-state index contributed by atoms with van der Waals surface area (Å²) in [4.78, 5) is 0. The van der Waals surface area contributed by atoms with Crippen molar-refractivity contribution in [1.82, 2.24) is 13.9 Å². The molecule has 2 rings (SSSR count). The Morgan fingerprint density at radius 2 is 1.75 bits per heavy atom. The normalized spacial score (nSPS) is 28.4. The van der Waals surface area contributed by atoms with Gasteiger partial charge in [-0.3, -0.25) is 0 Å². The maximum Gasteiger partial charge on any atom is 0.281 e. The highest BCUT2D eigenvalue weighted by Gasteiger charge is 2.35. The van der Waals surface area contributed by atoms with E-state index in [1.165, 1.54) is 0 Å². The third-order valence-corrected chi connectivity index (χ3v) is 6.62. The van der Waals surface area contributed by atoms with Crippen LogP contribution in [0.25, 0.3) is 0 Å². The van der Waals surface area contributed by atoms with Crippen molar-refractivity contribution in [2.45, 2.75) is 52.0 Å². The highest BCUT2D eigenvalue weighted by atomic mass is 32.2. The molecule has 1 N–H and O–H groups in total. The Kier molecular flexibility index (Phi) is 5.84. The van der Waals surface area contributed by atoms with Gasteiger partial charge in [-0.2, -0.15) is 17.0 Å². The zero-order valence-electron chi connectivity index (χ0n) is 12.8. The monoisotopic (exact) mass is 303 g/mol. The lowest BCUT2D eigenvalue weighted by Gasteiger charge is -2.38. The van der Waals surface area contributed by atoms with Gasteiger partial charge in [0.1, 0.15) is 0 Å². The van der Waals surface area contributed by atoms with Crippen molar-refractivity contribution in [3.05, 3.63) is 0 Å². The van der Waals surface area contributed by atoms with Gasteiger partial charge in [-0.1, -0.05) is 13.3 Å². The van der Waals surface area contributed by atoms with E-state index in [0.29, 0.717) is 38.1 Å². The Morgan fingerprint density at radius 1 is 1.10 bits per heavy atom. The van der Waals surface area contributed by atoms with E-state index >= 15 is 0 Å². The summed E-state index contributed by atoms with van der Waals surface area (Å²) in [6.07, 6.45) is 5.27. The third-order valence-electron chi connectivity index (χ3n) is 4.62. The molecule has 0 aromatic carbocycles. The molecule has 2 unspecified atom stereocenters. The molecule has 2 atom stereocenters. The molecule has 0 saturated carbocycles. The van der Waals surface area contributed by atoms with Gasteiger partial charge < -0.3 is 5.32 Å². The highest BCUT2D eigenvalue weighted by Crippen LogP contribution is 2.25. The predicted molar refractivity (Wildman–Crippen MR) is 81.8 cm³/mol. The fourth-order valence-corrected chi connectivity index (χ4v) is 5.13. The van der Waals surface area contributed by atoms with Crippen LogP contribution in [0.5, 0.6) is 0 Å². The summed E-state index contributed by atoms with van der Waals surface area (Å²) < 4.78 is 28.8. The fourth-order valence-electron chi connectivity index (χ4n) is 3.34. The second-order valence-corrected chi connectivity index (χ2v) is 8.00. The standard InChI is InChI=1S/C14H29N3O2S/c1-3-15-13(2)14-8-7-11-17(12-14)20(18,19)16-9-5-4-6-10-16/h13-15H,3-12H2,1-2H3. The van der Waals surface area contributed by atoms with Gasteiger partial charge in [0.05, 0.1) is 0 Å². The molecule has 5 nitrogen and oxygen atoms in total. The molecule has 0 spiro atoms. The number of nitrogens with zero attached hydrogens (tertiary/aromatic N) is 2. The van der Waals surface area contributed by atoms with Crippen LogP contribution in [0.3, 0.4) is 0 Å². The average molecular weight is 303 g/mol. The smallest absolute Gasteiger partial charge is 0.281 e. The van der Waals surface area contributed by atoms with Crippen LogP contribution in [0.4, 0.5) is 0 Å². The predicted octanol–water partition coefficient (Wildman–Crippen LogP) is 1.43. The molecule has 20 heavy (non-hydrogen) atoms. The van der Waals surface area contributed by atoms with E-state index in [1.54, 1.807) is 8.61 Å². The van der Waals surface area contributed by atoms with E-state index in [4.69, 9.17) is 0 Å². The molecule has 0 aliphatic carbocycles. The average Bonchev–Trinajstić information content (AvgIpc) is 2.48. The summed E-state index contributed by atoms with van der Waals surface area (Å²) in [7, 11) is -3.23. The molecule has 2 aliphatic heterocycles.